The lowest BCUT2D eigenvalue weighted by atomic mass is 10.5. The lowest BCUT2D eigenvalue weighted by Crippen LogP contribution is -2.33. The molecule has 1 heterocycles. The Kier molecular flexibility index (Phi) is 4.54. The van der Waals surface area contributed by atoms with Crippen LogP contribution in [-0.4, -0.2) is 33.1 Å². The van der Waals surface area contributed by atoms with Crippen molar-refractivity contribution in [1.82, 2.24) is 20.2 Å². The van der Waals surface area contributed by atoms with E-state index in [4.69, 9.17) is 12.3 Å². The van der Waals surface area contributed by atoms with Gasteiger partial charge >= 0.3 is 0 Å². The van der Waals surface area contributed by atoms with Gasteiger partial charge in [0.25, 0.3) is 5.56 Å². The molecule has 0 fully saturated rings. The molecule has 0 atom stereocenters. The summed E-state index contributed by atoms with van der Waals surface area (Å²) in [6.07, 6.45) is 4.99. The molecule has 90 valence electrons. The Bertz CT molecular complexity index is 519. The summed E-state index contributed by atoms with van der Waals surface area (Å²) in [6.45, 7) is 1.67. The van der Waals surface area contributed by atoms with Gasteiger partial charge in [-0.15, -0.1) is 16.6 Å². The third kappa shape index (κ3) is 3.49. The molecule has 1 aromatic heterocycles. The van der Waals surface area contributed by atoms with Crippen molar-refractivity contribution in [3.8, 4) is 12.3 Å². The maximum absolute atomic E-state index is 11.4. The summed E-state index contributed by atoms with van der Waals surface area (Å²) < 4.78 is 0.863. The maximum Gasteiger partial charge on any atom is 0.294 e. The Labute approximate surface area is 102 Å². The fourth-order valence-electron chi connectivity index (χ4n) is 0.899. The van der Waals surface area contributed by atoms with Crippen LogP contribution in [0, 0.1) is 19.3 Å². The molecule has 0 aliphatic rings. The third-order valence-electron chi connectivity index (χ3n) is 1.74. The zero-order valence-corrected chi connectivity index (χ0v) is 9.95. The first-order valence-electron chi connectivity index (χ1n) is 4.60. The Morgan fingerprint density at radius 2 is 2.35 bits per heavy atom. The van der Waals surface area contributed by atoms with Gasteiger partial charge in [0, 0.05) is 0 Å². The van der Waals surface area contributed by atoms with E-state index in [1.54, 1.807) is 0 Å². The first kappa shape index (κ1) is 13.1. The molecule has 0 saturated carbocycles. The van der Waals surface area contributed by atoms with Gasteiger partial charge in [0.15, 0.2) is 0 Å². The molecule has 0 saturated heterocycles. The Morgan fingerprint density at radius 1 is 1.65 bits per heavy atom. The van der Waals surface area contributed by atoms with Crippen molar-refractivity contribution < 1.29 is 4.79 Å². The number of rotatable bonds is 4. The molecular weight excluding hydrogens is 242 g/mol. The highest BCUT2D eigenvalue weighted by molar-refractivity contribution is 7.99. The molecule has 1 aromatic rings. The van der Waals surface area contributed by atoms with Crippen molar-refractivity contribution >= 4 is 17.7 Å². The monoisotopic (exact) mass is 253 g/mol. The summed E-state index contributed by atoms with van der Waals surface area (Å²) in [6, 6.07) is 0. The number of amides is 1. The largest absolute Gasteiger partial charge is 0.344 e. The first-order valence-corrected chi connectivity index (χ1v) is 5.59. The minimum atomic E-state index is -0.438. The number of thioether (sulfide) groups is 1. The molecule has 0 radical (unpaired) electrons. The summed E-state index contributed by atoms with van der Waals surface area (Å²) in [5.74, 6) is 7.57. The summed E-state index contributed by atoms with van der Waals surface area (Å²) in [4.78, 5) is 22.6. The smallest absolute Gasteiger partial charge is 0.294 e. The van der Waals surface area contributed by atoms with Crippen molar-refractivity contribution in [3.63, 3.8) is 0 Å². The molecular formula is C9H11N5O2S. The molecule has 0 aliphatic heterocycles. The van der Waals surface area contributed by atoms with Crippen LogP contribution in [0.5, 0.6) is 0 Å². The minimum absolute atomic E-state index is 0.0655. The van der Waals surface area contributed by atoms with E-state index in [9.17, 15) is 9.59 Å². The van der Waals surface area contributed by atoms with Gasteiger partial charge in [-0.2, -0.15) is 4.68 Å². The van der Waals surface area contributed by atoms with E-state index in [0.717, 1.165) is 16.4 Å². The van der Waals surface area contributed by atoms with Crippen LogP contribution in [0.4, 0.5) is 0 Å². The quantitative estimate of drug-likeness (QED) is 0.384. The van der Waals surface area contributed by atoms with Crippen LogP contribution in [0.1, 0.15) is 5.69 Å². The van der Waals surface area contributed by atoms with Crippen LogP contribution < -0.4 is 16.7 Å². The molecule has 0 unspecified atom stereocenters. The number of carbonyl (C=O) groups is 1. The predicted octanol–water partition coefficient (Wildman–Crippen LogP) is -1.50. The molecule has 0 spiro atoms. The van der Waals surface area contributed by atoms with E-state index >= 15 is 0 Å². The fraction of sp³-hybridized carbons (Fsp3) is 0.333. The van der Waals surface area contributed by atoms with Crippen LogP contribution in [0.2, 0.25) is 0 Å². The zero-order valence-electron chi connectivity index (χ0n) is 9.14. The van der Waals surface area contributed by atoms with Crippen LogP contribution in [-0.2, 0) is 4.79 Å². The second-order valence-electron chi connectivity index (χ2n) is 3.01. The van der Waals surface area contributed by atoms with Crippen molar-refractivity contribution in [2.24, 2.45) is 0 Å². The van der Waals surface area contributed by atoms with Gasteiger partial charge in [0.1, 0.15) is 5.69 Å². The number of nitrogens with two attached hydrogens (primary N) is 1. The molecule has 8 heteroatoms. The van der Waals surface area contributed by atoms with Crippen LogP contribution >= 0.6 is 11.8 Å². The molecule has 0 aromatic carbocycles. The lowest BCUT2D eigenvalue weighted by Gasteiger charge is -2.05. The summed E-state index contributed by atoms with van der Waals surface area (Å²) in [5, 5.41) is 10.0. The van der Waals surface area contributed by atoms with Gasteiger partial charge < -0.3 is 11.2 Å². The summed E-state index contributed by atoms with van der Waals surface area (Å²) in [7, 11) is 0. The first-order chi connectivity index (χ1) is 8.06. The van der Waals surface area contributed by atoms with Gasteiger partial charge in [-0.1, -0.05) is 17.7 Å². The average Bonchev–Trinajstić information content (AvgIpc) is 2.32. The highest BCUT2D eigenvalue weighted by Gasteiger charge is 2.09. The standard InChI is InChI=1S/C9H11N5O2S/c1-3-4-11-7(15)5-17-9-13-12-6(2)8(16)14(9)10/h1H,4-5,10H2,2H3,(H,11,15). The van der Waals surface area contributed by atoms with Crippen LogP contribution in [0.25, 0.3) is 0 Å². The molecule has 0 bridgehead atoms. The molecule has 7 nitrogen and oxygen atoms in total. The number of nitrogens with zero attached hydrogens (tertiary/aromatic N) is 3. The highest BCUT2D eigenvalue weighted by atomic mass is 32.2. The number of hydrogen-bond donors (Lipinski definition) is 2. The van der Waals surface area contributed by atoms with Gasteiger partial charge in [0.05, 0.1) is 12.3 Å². The van der Waals surface area contributed by atoms with Crippen molar-refractivity contribution in [3.05, 3.63) is 16.0 Å². The normalized spacial score (nSPS) is 9.65. The lowest BCUT2D eigenvalue weighted by molar-refractivity contribution is -0.118. The topological polar surface area (TPSA) is 103 Å². The fourth-order valence-corrected chi connectivity index (χ4v) is 1.58. The van der Waals surface area contributed by atoms with E-state index in [2.05, 4.69) is 21.4 Å². The second-order valence-corrected chi connectivity index (χ2v) is 3.96. The van der Waals surface area contributed by atoms with Gasteiger partial charge in [-0.3, -0.25) is 9.59 Å². The van der Waals surface area contributed by atoms with E-state index in [1.807, 2.05) is 0 Å². The number of carbonyl (C=O) groups excluding carboxylic acids is 1. The van der Waals surface area contributed by atoms with Gasteiger partial charge in [0.2, 0.25) is 11.1 Å². The predicted molar refractivity (Wildman–Crippen MR) is 63.7 cm³/mol. The molecule has 3 N–H and O–H groups in total. The second kappa shape index (κ2) is 5.91. The van der Waals surface area contributed by atoms with Gasteiger partial charge in [-0.05, 0) is 6.92 Å². The number of nitrogens with one attached hydrogen (secondary N) is 1. The van der Waals surface area contributed by atoms with Crippen LogP contribution in [0.3, 0.4) is 0 Å². The van der Waals surface area contributed by atoms with E-state index in [0.29, 0.717) is 0 Å². The zero-order chi connectivity index (χ0) is 12.8. The van der Waals surface area contributed by atoms with Gasteiger partial charge in [-0.25, -0.2) is 0 Å². The number of terminal acetylenes is 1. The van der Waals surface area contributed by atoms with E-state index < -0.39 is 5.56 Å². The van der Waals surface area contributed by atoms with E-state index in [1.165, 1.54) is 6.92 Å². The number of aromatic nitrogens is 3. The SMILES string of the molecule is C#CCNC(=O)CSc1nnc(C)c(=O)n1N. The summed E-state index contributed by atoms with van der Waals surface area (Å²) >= 11 is 1.01. The number of hydrogen-bond acceptors (Lipinski definition) is 6. The van der Waals surface area contributed by atoms with E-state index in [-0.39, 0.29) is 29.1 Å². The molecule has 1 rings (SSSR count). The minimum Gasteiger partial charge on any atom is -0.344 e. The Morgan fingerprint density at radius 3 is 3.00 bits per heavy atom. The maximum atomic E-state index is 11.4. The Balaban J connectivity index is 2.65. The number of aryl methyl sites for hydroxylation is 1. The average molecular weight is 253 g/mol. The molecule has 1 amide bonds. The van der Waals surface area contributed by atoms with Crippen molar-refractivity contribution in [2.45, 2.75) is 12.1 Å². The van der Waals surface area contributed by atoms with Crippen molar-refractivity contribution in [1.29, 1.82) is 0 Å². The summed E-state index contributed by atoms with van der Waals surface area (Å²) in [5.41, 5.74) is -0.236. The molecule has 17 heavy (non-hydrogen) atoms. The Hall–Kier alpha value is -2.01. The number of nitrogen functional groups attached to an aromatic ring is 1. The molecule has 0 aliphatic carbocycles. The third-order valence-corrected chi connectivity index (χ3v) is 2.68. The van der Waals surface area contributed by atoms with Crippen molar-refractivity contribution in [2.75, 3.05) is 18.1 Å². The highest BCUT2D eigenvalue weighted by Crippen LogP contribution is 2.10. The van der Waals surface area contributed by atoms with Crippen LogP contribution in [0.15, 0.2) is 9.95 Å².